The molecule has 0 radical (unpaired) electrons. The lowest BCUT2D eigenvalue weighted by Crippen LogP contribution is -2.01. The van der Waals surface area contributed by atoms with Gasteiger partial charge in [-0.1, -0.05) is 45.8 Å². The van der Waals surface area contributed by atoms with Crippen molar-refractivity contribution in [2.24, 2.45) is 0 Å². The van der Waals surface area contributed by atoms with E-state index in [1.54, 1.807) is 24.3 Å². The summed E-state index contributed by atoms with van der Waals surface area (Å²) in [5.41, 5.74) is 1.98. The standard InChI is InChI=1S/C14H11BrO2/c1-9-2-4-10(5-3-9)14(17)12-8-11(15)6-7-13(12)16/h2-8,16H,1H3. The highest BCUT2D eigenvalue weighted by molar-refractivity contribution is 9.10. The predicted molar refractivity (Wildman–Crippen MR) is 70.4 cm³/mol. The Bertz CT molecular complexity index is 559. The second-order valence-corrected chi connectivity index (χ2v) is 4.77. The smallest absolute Gasteiger partial charge is 0.196 e. The Morgan fingerprint density at radius 1 is 1.12 bits per heavy atom. The quantitative estimate of drug-likeness (QED) is 0.857. The first-order chi connectivity index (χ1) is 8.08. The minimum atomic E-state index is -0.177. The fourth-order valence-corrected chi connectivity index (χ4v) is 1.91. The summed E-state index contributed by atoms with van der Waals surface area (Å²) in [6, 6.07) is 12.1. The molecule has 2 aromatic rings. The van der Waals surface area contributed by atoms with Gasteiger partial charge in [0.2, 0.25) is 0 Å². The van der Waals surface area contributed by atoms with Crippen LogP contribution in [0.15, 0.2) is 46.9 Å². The van der Waals surface area contributed by atoms with Crippen LogP contribution in [0, 0.1) is 6.92 Å². The second-order valence-electron chi connectivity index (χ2n) is 3.86. The molecule has 2 aromatic carbocycles. The van der Waals surface area contributed by atoms with Crippen molar-refractivity contribution in [3.05, 3.63) is 63.6 Å². The van der Waals surface area contributed by atoms with Crippen LogP contribution in [0.5, 0.6) is 5.75 Å². The number of phenolic OH excluding ortho intramolecular Hbond substituents is 1. The van der Waals surface area contributed by atoms with E-state index in [-0.39, 0.29) is 11.5 Å². The third-order valence-corrected chi connectivity index (χ3v) is 3.01. The van der Waals surface area contributed by atoms with Crippen molar-refractivity contribution >= 4 is 21.7 Å². The van der Waals surface area contributed by atoms with Crippen molar-refractivity contribution in [2.45, 2.75) is 6.92 Å². The average molecular weight is 291 g/mol. The summed E-state index contributed by atoms with van der Waals surface area (Å²) in [7, 11) is 0. The number of phenols is 1. The van der Waals surface area contributed by atoms with Crippen molar-refractivity contribution in [1.82, 2.24) is 0 Å². The van der Waals surface area contributed by atoms with Crippen LogP contribution in [-0.2, 0) is 0 Å². The van der Waals surface area contributed by atoms with E-state index in [0.717, 1.165) is 10.0 Å². The van der Waals surface area contributed by atoms with E-state index >= 15 is 0 Å². The second kappa shape index (κ2) is 4.72. The molecular weight excluding hydrogens is 280 g/mol. The number of benzene rings is 2. The lowest BCUT2D eigenvalue weighted by atomic mass is 10.0. The first-order valence-electron chi connectivity index (χ1n) is 5.18. The first-order valence-corrected chi connectivity index (χ1v) is 5.97. The predicted octanol–water partition coefficient (Wildman–Crippen LogP) is 3.69. The van der Waals surface area contributed by atoms with Crippen LogP contribution in [0.3, 0.4) is 0 Å². The van der Waals surface area contributed by atoms with Gasteiger partial charge in [-0.15, -0.1) is 0 Å². The van der Waals surface area contributed by atoms with E-state index < -0.39 is 0 Å². The Balaban J connectivity index is 2.43. The topological polar surface area (TPSA) is 37.3 Å². The molecule has 0 aliphatic heterocycles. The maximum atomic E-state index is 12.1. The number of aromatic hydroxyl groups is 1. The van der Waals surface area contributed by atoms with Crippen LogP contribution >= 0.6 is 15.9 Å². The molecule has 86 valence electrons. The number of carbonyl (C=O) groups is 1. The summed E-state index contributed by atoms with van der Waals surface area (Å²) in [5, 5.41) is 9.68. The zero-order valence-corrected chi connectivity index (χ0v) is 10.9. The van der Waals surface area contributed by atoms with Crippen molar-refractivity contribution in [1.29, 1.82) is 0 Å². The summed E-state index contributed by atoms with van der Waals surface area (Å²) in [5.74, 6) is -0.178. The van der Waals surface area contributed by atoms with Gasteiger partial charge in [0.1, 0.15) is 5.75 Å². The van der Waals surface area contributed by atoms with Gasteiger partial charge in [-0.25, -0.2) is 0 Å². The third kappa shape index (κ3) is 2.56. The van der Waals surface area contributed by atoms with Crippen LogP contribution in [0.25, 0.3) is 0 Å². The zero-order valence-electron chi connectivity index (χ0n) is 9.27. The van der Waals surface area contributed by atoms with Crippen molar-refractivity contribution < 1.29 is 9.90 Å². The molecule has 0 saturated heterocycles. The summed E-state index contributed by atoms with van der Waals surface area (Å²) in [4.78, 5) is 12.1. The molecule has 17 heavy (non-hydrogen) atoms. The van der Waals surface area contributed by atoms with E-state index in [4.69, 9.17) is 0 Å². The molecule has 0 fully saturated rings. The zero-order chi connectivity index (χ0) is 12.4. The molecule has 0 amide bonds. The van der Waals surface area contributed by atoms with Gasteiger partial charge in [0.15, 0.2) is 5.78 Å². The van der Waals surface area contributed by atoms with Gasteiger partial charge in [-0.05, 0) is 25.1 Å². The van der Waals surface area contributed by atoms with Gasteiger partial charge in [0.05, 0.1) is 5.56 Å². The van der Waals surface area contributed by atoms with E-state index in [1.165, 1.54) is 6.07 Å². The normalized spacial score (nSPS) is 10.2. The van der Waals surface area contributed by atoms with Gasteiger partial charge in [0, 0.05) is 10.0 Å². The molecule has 0 unspecified atom stereocenters. The van der Waals surface area contributed by atoms with Crippen LogP contribution < -0.4 is 0 Å². The van der Waals surface area contributed by atoms with Crippen molar-refractivity contribution in [2.75, 3.05) is 0 Å². The summed E-state index contributed by atoms with van der Waals surface area (Å²) in [6.45, 7) is 1.96. The molecule has 2 nitrogen and oxygen atoms in total. The lowest BCUT2D eigenvalue weighted by molar-refractivity contribution is 0.103. The van der Waals surface area contributed by atoms with E-state index in [0.29, 0.717) is 11.1 Å². The van der Waals surface area contributed by atoms with E-state index in [1.807, 2.05) is 19.1 Å². The van der Waals surface area contributed by atoms with Gasteiger partial charge in [-0.2, -0.15) is 0 Å². The van der Waals surface area contributed by atoms with E-state index in [9.17, 15) is 9.90 Å². The van der Waals surface area contributed by atoms with E-state index in [2.05, 4.69) is 15.9 Å². The highest BCUT2D eigenvalue weighted by Crippen LogP contribution is 2.24. The number of halogens is 1. The van der Waals surface area contributed by atoms with Crippen LogP contribution in [0.4, 0.5) is 0 Å². The Hall–Kier alpha value is -1.61. The summed E-state index contributed by atoms with van der Waals surface area (Å²) in [6.07, 6.45) is 0. The first kappa shape index (κ1) is 11.9. The minimum absolute atomic E-state index is 0.00113. The number of hydrogen-bond acceptors (Lipinski definition) is 2. The molecule has 3 heteroatoms. The molecular formula is C14H11BrO2. The van der Waals surface area contributed by atoms with Gasteiger partial charge in [-0.3, -0.25) is 4.79 Å². The molecule has 0 aromatic heterocycles. The SMILES string of the molecule is Cc1ccc(C(=O)c2cc(Br)ccc2O)cc1. The molecule has 0 atom stereocenters. The van der Waals surface area contributed by atoms with Crippen LogP contribution in [-0.4, -0.2) is 10.9 Å². The number of carbonyl (C=O) groups excluding carboxylic acids is 1. The molecule has 0 heterocycles. The lowest BCUT2D eigenvalue weighted by Gasteiger charge is -2.05. The van der Waals surface area contributed by atoms with Crippen molar-refractivity contribution in [3.8, 4) is 5.75 Å². The van der Waals surface area contributed by atoms with Gasteiger partial charge >= 0.3 is 0 Å². The number of ketones is 1. The van der Waals surface area contributed by atoms with Crippen LogP contribution in [0.1, 0.15) is 21.5 Å². The highest BCUT2D eigenvalue weighted by atomic mass is 79.9. The molecule has 0 saturated carbocycles. The van der Waals surface area contributed by atoms with Gasteiger partial charge in [0.25, 0.3) is 0 Å². The van der Waals surface area contributed by atoms with Crippen molar-refractivity contribution in [3.63, 3.8) is 0 Å². The fourth-order valence-electron chi connectivity index (χ4n) is 1.55. The molecule has 0 bridgehead atoms. The monoisotopic (exact) mass is 290 g/mol. The molecule has 2 rings (SSSR count). The Morgan fingerprint density at radius 2 is 1.76 bits per heavy atom. The number of rotatable bonds is 2. The Kier molecular flexibility index (Phi) is 3.29. The highest BCUT2D eigenvalue weighted by Gasteiger charge is 2.13. The maximum absolute atomic E-state index is 12.1. The summed E-state index contributed by atoms with van der Waals surface area (Å²) < 4.78 is 0.769. The third-order valence-electron chi connectivity index (χ3n) is 2.52. The largest absolute Gasteiger partial charge is 0.507 e. The van der Waals surface area contributed by atoms with Gasteiger partial charge < -0.3 is 5.11 Å². The number of hydrogen-bond donors (Lipinski definition) is 1. The maximum Gasteiger partial charge on any atom is 0.196 e. The summed E-state index contributed by atoms with van der Waals surface area (Å²) >= 11 is 3.29. The molecule has 1 N–H and O–H groups in total. The Morgan fingerprint density at radius 3 is 2.41 bits per heavy atom. The fraction of sp³-hybridized carbons (Fsp3) is 0.0714. The van der Waals surface area contributed by atoms with Crippen LogP contribution in [0.2, 0.25) is 0 Å². The molecule has 0 spiro atoms. The minimum Gasteiger partial charge on any atom is -0.507 e. The average Bonchev–Trinajstić information content (AvgIpc) is 2.32. The molecule has 0 aliphatic carbocycles. The number of aryl methyl sites for hydroxylation is 1. The molecule has 0 aliphatic rings. The Labute approximate surface area is 108 Å².